The second-order valence-corrected chi connectivity index (χ2v) is 10.1. The van der Waals surface area contributed by atoms with Crippen molar-refractivity contribution in [1.82, 2.24) is 15.1 Å². The maximum Gasteiger partial charge on any atom is 0.317 e. The summed E-state index contributed by atoms with van der Waals surface area (Å²) in [4.78, 5) is 53.3. The molecular weight excluding hydrogens is 503 g/mol. The average Bonchev–Trinajstić information content (AvgIpc) is 2.83. The Labute approximate surface area is 216 Å². The zero-order chi connectivity index (χ0) is 28.4. The number of fused-ring (bicyclic) bond motifs is 3. The Bertz CT molecular complexity index is 1350. The maximum absolute atomic E-state index is 15.7. The van der Waals surface area contributed by atoms with Crippen LogP contribution < -0.4 is 11.1 Å². The summed E-state index contributed by atoms with van der Waals surface area (Å²) in [5.74, 6) is -8.91. The van der Waals surface area contributed by atoms with Gasteiger partial charge in [-0.25, -0.2) is 9.18 Å². The van der Waals surface area contributed by atoms with Crippen LogP contribution in [0.1, 0.15) is 27.9 Å². The molecule has 0 heterocycles. The predicted molar refractivity (Wildman–Crippen MR) is 130 cm³/mol. The van der Waals surface area contributed by atoms with Crippen LogP contribution in [0.2, 0.25) is 0 Å². The van der Waals surface area contributed by atoms with E-state index in [2.05, 4.69) is 5.32 Å². The zero-order valence-electron chi connectivity index (χ0n) is 21.2. The molecule has 38 heavy (non-hydrogen) atoms. The van der Waals surface area contributed by atoms with Crippen molar-refractivity contribution in [3.05, 3.63) is 51.2 Å². The molecule has 0 aliphatic heterocycles. The fourth-order valence-corrected chi connectivity index (χ4v) is 5.99. The molecule has 3 aliphatic rings. The van der Waals surface area contributed by atoms with Crippen molar-refractivity contribution in [3.8, 4) is 5.75 Å². The molecule has 0 bridgehead atoms. The predicted octanol–water partition coefficient (Wildman–Crippen LogP) is 0.0309. The molecule has 3 amide bonds. The van der Waals surface area contributed by atoms with Gasteiger partial charge < -0.3 is 36.4 Å². The zero-order valence-corrected chi connectivity index (χ0v) is 21.2. The first-order valence-corrected chi connectivity index (χ1v) is 11.8. The number of ketones is 2. The van der Waals surface area contributed by atoms with E-state index in [-0.39, 0.29) is 30.5 Å². The number of aromatic hydroxyl groups is 1. The molecule has 0 saturated carbocycles. The number of phenols is 1. The second kappa shape index (κ2) is 9.10. The van der Waals surface area contributed by atoms with Gasteiger partial charge in [0.05, 0.1) is 18.2 Å². The summed E-state index contributed by atoms with van der Waals surface area (Å²) in [6, 6.07) is -0.644. The van der Waals surface area contributed by atoms with Crippen molar-refractivity contribution >= 4 is 23.5 Å². The summed E-state index contributed by atoms with van der Waals surface area (Å²) in [6.45, 7) is -0.215. The van der Waals surface area contributed by atoms with Crippen molar-refractivity contribution in [2.24, 2.45) is 17.6 Å². The van der Waals surface area contributed by atoms with Crippen LogP contribution in [0.4, 0.5) is 9.18 Å². The monoisotopic (exact) mass is 532 g/mol. The summed E-state index contributed by atoms with van der Waals surface area (Å²) in [5.41, 5.74) is 0.625. The number of nitrogens with one attached hydrogen (secondary N) is 1. The molecule has 0 saturated heterocycles. The van der Waals surface area contributed by atoms with Gasteiger partial charge in [0.1, 0.15) is 28.7 Å². The molecule has 0 aromatic heterocycles. The highest BCUT2D eigenvalue weighted by Crippen LogP contribution is 2.52. The summed E-state index contributed by atoms with van der Waals surface area (Å²) in [5, 5.41) is 46.6. The van der Waals surface area contributed by atoms with E-state index in [9.17, 15) is 39.6 Å². The molecule has 204 valence electrons. The number of halogens is 1. The first-order valence-electron chi connectivity index (χ1n) is 11.8. The van der Waals surface area contributed by atoms with Gasteiger partial charge in [0, 0.05) is 36.7 Å². The second-order valence-electron chi connectivity index (χ2n) is 10.1. The summed E-state index contributed by atoms with van der Waals surface area (Å²) >= 11 is 0. The van der Waals surface area contributed by atoms with Crippen molar-refractivity contribution < 1.29 is 44.0 Å². The highest BCUT2D eigenvalue weighted by atomic mass is 19.1. The van der Waals surface area contributed by atoms with Gasteiger partial charge in [-0.1, -0.05) is 0 Å². The Balaban J connectivity index is 1.88. The number of rotatable bonds is 4. The van der Waals surface area contributed by atoms with E-state index < -0.39 is 86.8 Å². The number of nitrogens with two attached hydrogens (primary N) is 1. The minimum atomic E-state index is -2.77. The largest absolute Gasteiger partial charge is 0.510 e. The number of benzene rings is 1. The number of phenolic OH excluding ortho intramolecular Hbond substituents is 1. The van der Waals surface area contributed by atoms with E-state index >= 15 is 4.39 Å². The molecule has 0 unspecified atom stereocenters. The molecule has 7 N–H and O–H groups in total. The Morgan fingerprint density at radius 2 is 1.84 bits per heavy atom. The van der Waals surface area contributed by atoms with Gasteiger partial charge in [0.15, 0.2) is 11.4 Å². The van der Waals surface area contributed by atoms with Crippen LogP contribution in [-0.2, 0) is 22.6 Å². The molecule has 0 spiro atoms. The number of amides is 3. The minimum Gasteiger partial charge on any atom is -0.510 e. The Morgan fingerprint density at radius 1 is 1.21 bits per heavy atom. The third kappa shape index (κ3) is 3.64. The lowest BCUT2D eigenvalue weighted by Gasteiger charge is -2.50. The Hall–Kier alpha value is -3.97. The Kier molecular flexibility index (Phi) is 6.48. The number of likely N-dealkylation sites (N-methyl/N-ethyl adjacent to an activating group) is 1. The molecule has 0 radical (unpaired) electrons. The fourth-order valence-electron chi connectivity index (χ4n) is 5.99. The summed E-state index contributed by atoms with van der Waals surface area (Å²) in [6.07, 6.45) is -0.347. The Morgan fingerprint density at radius 3 is 2.39 bits per heavy atom. The van der Waals surface area contributed by atoms with Crippen LogP contribution in [-0.4, -0.2) is 93.6 Å². The van der Waals surface area contributed by atoms with Gasteiger partial charge in [-0.2, -0.15) is 0 Å². The van der Waals surface area contributed by atoms with Crippen molar-refractivity contribution in [2.45, 2.75) is 31.0 Å². The van der Waals surface area contributed by atoms with Crippen LogP contribution in [0.25, 0.3) is 0 Å². The number of aliphatic hydroxyl groups excluding tert-OH is 2. The number of carbonyl (C=O) groups is 4. The molecule has 1 aromatic rings. The fraction of sp³-hybridized carbons (Fsp3) is 0.440. The van der Waals surface area contributed by atoms with Gasteiger partial charge in [-0.05, 0) is 38.9 Å². The van der Waals surface area contributed by atoms with Gasteiger partial charge in [0.25, 0.3) is 5.91 Å². The quantitative estimate of drug-likeness (QED) is 0.290. The number of hydrogen-bond acceptors (Lipinski definition) is 9. The van der Waals surface area contributed by atoms with E-state index in [1.807, 2.05) is 0 Å². The molecule has 4 atom stereocenters. The van der Waals surface area contributed by atoms with E-state index in [1.54, 1.807) is 0 Å². The van der Waals surface area contributed by atoms with Crippen LogP contribution in [0.3, 0.4) is 0 Å². The lowest BCUT2D eigenvalue weighted by molar-refractivity contribution is -0.148. The van der Waals surface area contributed by atoms with Crippen LogP contribution in [0.15, 0.2) is 28.7 Å². The smallest absolute Gasteiger partial charge is 0.317 e. The highest BCUT2D eigenvalue weighted by Gasteiger charge is 2.63. The maximum atomic E-state index is 15.7. The van der Waals surface area contributed by atoms with Crippen molar-refractivity contribution in [2.75, 3.05) is 28.2 Å². The van der Waals surface area contributed by atoms with Gasteiger partial charge >= 0.3 is 6.03 Å². The van der Waals surface area contributed by atoms with E-state index in [0.717, 1.165) is 6.07 Å². The standard InChI is InChI=1S/C25H29FN4O8/c1-28-24(37)30(4)8-10-7-13(31)15-11(17(10)26)5-9-6-12-18(29(2)3)20(33)16(23(27)36)22(35)25(12,38)21(34)14(9)19(15)32/h7,9,12,18,31,33-34,38H,5-6,8H2,1-4H3,(H2,27,36)(H,28,37)/t9-,12-,18-,25-/m0/s1. The molecule has 4 rings (SSSR count). The van der Waals surface area contributed by atoms with Crippen molar-refractivity contribution in [3.63, 3.8) is 0 Å². The summed E-state index contributed by atoms with van der Waals surface area (Å²) < 4.78 is 15.7. The molecule has 13 heteroatoms. The van der Waals surface area contributed by atoms with Crippen LogP contribution >= 0.6 is 0 Å². The molecule has 1 aromatic carbocycles. The number of allylic oxidation sites excluding steroid dienone is 1. The first-order chi connectivity index (χ1) is 17.7. The normalized spacial score (nSPS) is 26.7. The van der Waals surface area contributed by atoms with E-state index in [1.165, 1.54) is 38.0 Å². The lowest BCUT2D eigenvalue weighted by Crippen LogP contribution is -2.63. The van der Waals surface area contributed by atoms with E-state index in [0.29, 0.717) is 0 Å². The first kappa shape index (κ1) is 27.1. The number of primary amides is 1. The number of Topliss-reactive ketones (excluding diaryl/α,β-unsaturated/α-hetero) is 2. The number of nitrogens with zero attached hydrogens (tertiary/aromatic N) is 2. The third-order valence-corrected chi connectivity index (χ3v) is 7.70. The molecular formula is C25H29FN4O8. The van der Waals surface area contributed by atoms with Gasteiger partial charge in [-0.3, -0.25) is 19.3 Å². The van der Waals surface area contributed by atoms with Gasteiger partial charge in [0.2, 0.25) is 5.78 Å². The van der Waals surface area contributed by atoms with Gasteiger partial charge in [-0.15, -0.1) is 0 Å². The number of carbonyl (C=O) groups excluding carboxylic acids is 4. The average molecular weight is 533 g/mol. The summed E-state index contributed by atoms with van der Waals surface area (Å²) in [7, 11) is 5.85. The minimum absolute atomic E-state index is 0.0465. The topological polar surface area (TPSA) is 194 Å². The highest BCUT2D eigenvalue weighted by molar-refractivity contribution is 6.24. The lowest BCUT2D eigenvalue weighted by atomic mass is 9.58. The molecule has 12 nitrogen and oxygen atoms in total. The third-order valence-electron chi connectivity index (χ3n) is 7.70. The molecule has 3 aliphatic carbocycles. The van der Waals surface area contributed by atoms with E-state index in [4.69, 9.17) is 5.73 Å². The number of urea groups is 1. The van der Waals surface area contributed by atoms with Crippen LogP contribution in [0.5, 0.6) is 5.75 Å². The van der Waals surface area contributed by atoms with Crippen molar-refractivity contribution in [1.29, 1.82) is 0 Å². The number of hydrogen-bond donors (Lipinski definition) is 6. The molecule has 0 fully saturated rings. The number of aliphatic hydroxyl groups is 3. The SMILES string of the molecule is CNC(=O)N(C)Cc1cc(O)c2c(c1F)C[C@H]1C[C@H]3[C@H](N(C)C)C(O)=C(C(N)=O)C(=O)[C@@]3(O)C(O)=C1C2=O. The van der Waals surface area contributed by atoms with Crippen LogP contribution in [0, 0.1) is 17.7 Å².